The maximum Gasteiger partial charge on any atom is 0.0619 e. The summed E-state index contributed by atoms with van der Waals surface area (Å²) >= 11 is 0. The molecule has 0 saturated heterocycles. The summed E-state index contributed by atoms with van der Waals surface area (Å²) in [5, 5.41) is 1.26. The number of anilines is 3. The highest BCUT2D eigenvalue weighted by Crippen LogP contribution is 2.53. The highest BCUT2D eigenvalue weighted by Gasteiger charge is 2.37. The van der Waals surface area contributed by atoms with Crippen LogP contribution < -0.4 is 4.90 Å². The van der Waals surface area contributed by atoms with Crippen molar-refractivity contribution in [3.05, 3.63) is 228 Å². The molecule has 0 amide bonds. The van der Waals surface area contributed by atoms with Gasteiger partial charge in [-0.05, 0) is 118 Å². The zero-order valence-electron chi connectivity index (χ0n) is 34.0. The second-order valence-electron chi connectivity index (χ2n) is 16.3. The highest BCUT2D eigenvalue weighted by atomic mass is 15.1. The van der Waals surface area contributed by atoms with Gasteiger partial charge in [0.15, 0.2) is 0 Å². The Kier molecular flexibility index (Phi) is 8.99. The Hall–Kier alpha value is -7.16. The second kappa shape index (κ2) is 14.7. The van der Waals surface area contributed by atoms with E-state index in [0.717, 1.165) is 16.9 Å². The van der Waals surface area contributed by atoms with Gasteiger partial charge in [-0.1, -0.05) is 172 Å². The lowest BCUT2D eigenvalue weighted by Gasteiger charge is -2.28. The lowest BCUT2D eigenvalue weighted by atomic mass is 9.81. The van der Waals surface area contributed by atoms with Crippen molar-refractivity contribution in [1.29, 1.82) is 0 Å². The standard InChI is InChI=1S/C57H46N2/c1-39-18-14-16-26-52(39)58(53-27-17-15-19-40(53)2)46-33-30-41(31-34-46)28-29-42-32-35-47-48-37-49-54(38-51(48)57(3,4)50(47)36-42)59(45-24-12-7-13-25-45)56(44-22-10-6-11-23-44)55(49)43-20-8-5-9-21-43/h5-38H,1-4H3. The molecular formula is C57H46N2. The Morgan fingerprint density at radius 2 is 1.00 bits per heavy atom. The van der Waals surface area contributed by atoms with Gasteiger partial charge in [-0.3, -0.25) is 0 Å². The molecule has 0 atom stereocenters. The zero-order valence-corrected chi connectivity index (χ0v) is 34.0. The summed E-state index contributed by atoms with van der Waals surface area (Å²) in [6, 6.07) is 70.7. The second-order valence-corrected chi connectivity index (χ2v) is 16.3. The minimum atomic E-state index is -0.190. The van der Waals surface area contributed by atoms with Gasteiger partial charge in [0, 0.05) is 39.1 Å². The number of para-hydroxylation sites is 3. The number of aromatic nitrogens is 1. The molecule has 2 heteroatoms. The summed E-state index contributed by atoms with van der Waals surface area (Å²) in [6.07, 6.45) is 4.50. The summed E-state index contributed by atoms with van der Waals surface area (Å²) in [7, 11) is 0. The van der Waals surface area contributed by atoms with Crippen LogP contribution in [0.4, 0.5) is 17.1 Å². The molecule has 1 heterocycles. The lowest BCUT2D eigenvalue weighted by molar-refractivity contribution is 0.661. The van der Waals surface area contributed by atoms with Gasteiger partial charge in [-0.2, -0.15) is 0 Å². The molecule has 1 aromatic heterocycles. The number of aryl methyl sites for hydroxylation is 2. The van der Waals surface area contributed by atoms with Gasteiger partial charge >= 0.3 is 0 Å². The van der Waals surface area contributed by atoms with Gasteiger partial charge in [-0.25, -0.2) is 0 Å². The molecule has 0 unspecified atom stereocenters. The first-order chi connectivity index (χ1) is 28.9. The maximum atomic E-state index is 2.48. The van der Waals surface area contributed by atoms with Crippen LogP contribution in [-0.4, -0.2) is 4.57 Å². The lowest BCUT2D eigenvalue weighted by Crippen LogP contribution is -2.15. The summed E-state index contributed by atoms with van der Waals surface area (Å²) < 4.78 is 2.48. The molecule has 0 radical (unpaired) electrons. The first kappa shape index (κ1) is 36.2. The molecule has 0 spiro atoms. The van der Waals surface area contributed by atoms with Crippen LogP contribution in [0.2, 0.25) is 0 Å². The molecule has 0 aliphatic heterocycles. The minimum Gasteiger partial charge on any atom is -0.310 e. The Morgan fingerprint density at radius 1 is 0.475 bits per heavy atom. The summed E-state index contributed by atoms with van der Waals surface area (Å²) in [5.41, 5.74) is 20.8. The van der Waals surface area contributed by atoms with Crippen molar-refractivity contribution in [2.24, 2.45) is 0 Å². The van der Waals surface area contributed by atoms with E-state index in [-0.39, 0.29) is 5.41 Å². The van der Waals surface area contributed by atoms with E-state index in [9.17, 15) is 0 Å². The van der Waals surface area contributed by atoms with Gasteiger partial charge in [0.25, 0.3) is 0 Å². The van der Waals surface area contributed by atoms with Gasteiger partial charge in [0.2, 0.25) is 0 Å². The molecule has 8 aromatic carbocycles. The van der Waals surface area contributed by atoms with E-state index >= 15 is 0 Å². The van der Waals surface area contributed by atoms with E-state index in [1.807, 2.05) is 0 Å². The van der Waals surface area contributed by atoms with Crippen LogP contribution in [-0.2, 0) is 5.41 Å². The fourth-order valence-electron chi connectivity index (χ4n) is 9.21. The average Bonchev–Trinajstić information content (AvgIpc) is 3.72. The number of benzene rings is 8. The van der Waals surface area contributed by atoms with Crippen LogP contribution in [0.15, 0.2) is 194 Å². The Labute approximate surface area is 348 Å². The minimum absolute atomic E-state index is 0.190. The predicted molar refractivity (Wildman–Crippen MR) is 251 cm³/mol. The third-order valence-corrected chi connectivity index (χ3v) is 12.2. The fraction of sp³-hybridized carbons (Fsp3) is 0.0877. The fourth-order valence-corrected chi connectivity index (χ4v) is 9.21. The van der Waals surface area contributed by atoms with Crippen molar-refractivity contribution in [3.63, 3.8) is 0 Å². The molecule has 10 rings (SSSR count). The molecule has 0 N–H and O–H groups in total. The molecule has 9 aromatic rings. The van der Waals surface area contributed by atoms with Crippen molar-refractivity contribution in [1.82, 2.24) is 4.57 Å². The molecule has 1 aliphatic carbocycles. The largest absolute Gasteiger partial charge is 0.310 e. The molecule has 1 aliphatic rings. The van der Waals surface area contributed by atoms with E-state index in [2.05, 4.69) is 243 Å². The normalized spacial score (nSPS) is 12.8. The molecule has 0 saturated carbocycles. The first-order valence-electron chi connectivity index (χ1n) is 20.6. The quantitative estimate of drug-likeness (QED) is 0.140. The van der Waals surface area contributed by atoms with Gasteiger partial charge in [0.1, 0.15) is 0 Å². The Morgan fingerprint density at radius 3 is 1.63 bits per heavy atom. The molecule has 284 valence electrons. The average molecular weight is 759 g/mol. The SMILES string of the molecule is Cc1ccccc1N(c1ccc(C=Cc2ccc3c(c2)C(C)(C)c2cc4c(cc2-3)c(-c2ccccc2)c(-c2ccccc2)n4-c2ccccc2)cc1)c1ccccc1C. The van der Waals surface area contributed by atoms with Gasteiger partial charge in [0.05, 0.1) is 11.2 Å². The third kappa shape index (κ3) is 6.29. The van der Waals surface area contributed by atoms with Crippen LogP contribution in [0.3, 0.4) is 0 Å². The molecule has 0 fully saturated rings. The molecule has 2 nitrogen and oxygen atoms in total. The van der Waals surface area contributed by atoms with Crippen LogP contribution in [0.1, 0.15) is 47.2 Å². The predicted octanol–water partition coefficient (Wildman–Crippen LogP) is 15.5. The topological polar surface area (TPSA) is 8.17 Å². The van der Waals surface area contributed by atoms with Crippen LogP contribution in [0.25, 0.3) is 62.3 Å². The van der Waals surface area contributed by atoms with Crippen molar-refractivity contribution < 1.29 is 0 Å². The number of hydrogen-bond donors (Lipinski definition) is 0. The highest BCUT2D eigenvalue weighted by molar-refractivity contribution is 6.08. The number of fused-ring (bicyclic) bond motifs is 4. The number of rotatable bonds is 8. The van der Waals surface area contributed by atoms with E-state index in [1.54, 1.807) is 0 Å². The van der Waals surface area contributed by atoms with Crippen LogP contribution in [0.5, 0.6) is 0 Å². The number of hydrogen-bond acceptors (Lipinski definition) is 1. The summed E-state index contributed by atoms with van der Waals surface area (Å²) in [6.45, 7) is 9.13. The smallest absolute Gasteiger partial charge is 0.0619 e. The molecular weight excluding hydrogens is 713 g/mol. The number of nitrogens with zero attached hydrogens (tertiary/aromatic N) is 2. The van der Waals surface area contributed by atoms with E-state index < -0.39 is 0 Å². The first-order valence-corrected chi connectivity index (χ1v) is 20.6. The molecule has 0 bridgehead atoms. The Bertz CT molecular complexity index is 2960. The van der Waals surface area contributed by atoms with Crippen LogP contribution >= 0.6 is 0 Å². The van der Waals surface area contributed by atoms with E-state index in [4.69, 9.17) is 0 Å². The maximum absolute atomic E-state index is 2.48. The van der Waals surface area contributed by atoms with E-state index in [1.165, 1.54) is 83.6 Å². The summed E-state index contributed by atoms with van der Waals surface area (Å²) in [5.74, 6) is 0. The third-order valence-electron chi connectivity index (χ3n) is 12.2. The van der Waals surface area contributed by atoms with Crippen LogP contribution in [0, 0.1) is 13.8 Å². The van der Waals surface area contributed by atoms with E-state index in [0.29, 0.717) is 0 Å². The zero-order chi connectivity index (χ0) is 40.1. The Balaban J connectivity index is 1.04. The summed E-state index contributed by atoms with van der Waals surface area (Å²) in [4.78, 5) is 2.37. The van der Waals surface area contributed by atoms with Gasteiger partial charge < -0.3 is 9.47 Å². The van der Waals surface area contributed by atoms with Crippen molar-refractivity contribution in [2.45, 2.75) is 33.1 Å². The monoisotopic (exact) mass is 758 g/mol. The van der Waals surface area contributed by atoms with Crippen molar-refractivity contribution in [3.8, 4) is 39.2 Å². The van der Waals surface area contributed by atoms with Crippen molar-refractivity contribution in [2.75, 3.05) is 4.90 Å². The van der Waals surface area contributed by atoms with Crippen molar-refractivity contribution >= 4 is 40.1 Å². The van der Waals surface area contributed by atoms with Gasteiger partial charge in [-0.15, -0.1) is 0 Å². The molecule has 59 heavy (non-hydrogen) atoms.